The molecule has 1 aliphatic heterocycles. The topological polar surface area (TPSA) is 102 Å². The number of aliphatic hydroxyl groups is 1. The van der Waals surface area contributed by atoms with E-state index in [0.717, 1.165) is 21.7 Å². The van der Waals surface area contributed by atoms with Gasteiger partial charge < -0.3 is 15.3 Å². The quantitative estimate of drug-likeness (QED) is 0.659. The molecule has 4 rings (SSSR count). The van der Waals surface area contributed by atoms with Crippen LogP contribution >= 0.6 is 11.3 Å². The Hall–Kier alpha value is -3.28. The van der Waals surface area contributed by atoms with E-state index in [1.54, 1.807) is 34.4 Å². The molecule has 3 heterocycles. The van der Waals surface area contributed by atoms with Crippen molar-refractivity contribution in [2.75, 3.05) is 11.4 Å². The van der Waals surface area contributed by atoms with Gasteiger partial charge in [-0.25, -0.2) is 9.97 Å². The van der Waals surface area contributed by atoms with Crippen LogP contribution in [0.4, 0.5) is 5.82 Å². The molecule has 30 heavy (non-hydrogen) atoms. The third kappa shape index (κ3) is 4.17. The van der Waals surface area contributed by atoms with Crippen molar-refractivity contribution >= 4 is 23.1 Å². The predicted molar refractivity (Wildman–Crippen MR) is 115 cm³/mol. The number of amides is 1. The number of anilines is 1. The first-order chi connectivity index (χ1) is 14.5. The average molecular weight is 420 g/mol. The molecule has 1 saturated heterocycles. The monoisotopic (exact) mass is 419 g/mol. The number of benzene rings is 1. The molecule has 8 heteroatoms. The molecule has 152 valence electrons. The van der Waals surface area contributed by atoms with Gasteiger partial charge >= 0.3 is 0 Å². The average Bonchev–Trinajstić information content (AvgIpc) is 3.38. The van der Waals surface area contributed by atoms with Crippen LogP contribution in [0.1, 0.15) is 23.4 Å². The van der Waals surface area contributed by atoms with Crippen LogP contribution in [0.2, 0.25) is 0 Å². The van der Waals surface area contributed by atoms with Gasteiger partial charge in [0.2, 0.25) is 5.91 Å². The van der Waals surface area contributed by atoms with Crippen LogP contribution in [0.25, 0.3) is 10.4 Å². The maximum Gasteiger partial charge on any atom is 0.243 e. The van der Waals surface area contributed by atoms with Crippen molar-refractivity contribution < 1.29 is 9.90 Å². The molecule has 0 unspecified atom stereocenters. The summed E-state index contributed by atoms with van der Waals surface area (Å²) in [6.07, 6.45) is -0.288. The summed E-state index contributed by atoms with van der Waals surface area (Å²) in [6.45, 7) is 2.69. The van der Waals surface area contributed by atoms with Crippen LogP contribution < -0.4 is 10.2 Å². The number of aliphatic hydroxyl groups excluding tert-OH is 1. The smallest absolute Gasteiger partial charge is 0.243 e. The number of nitriles is 1. The van der Waals surface area contributed by atoms with Crippen molar-refractivity contribution in [1.29, 1.82) is 5.26 Å². The lowest BCUT2D eigenvalue weighted by molar-refractivity contribution is -0.122. The number of pyridine rings is 1. The Labute approximate surface area is 178 Å². The number of hydrogen-bond acceptors (Lipinski definition) is 7. The summed E-state index contributed by atoms with van der Waals surface area (Å²) in [5, 5.41) is 22.2. The maximum absolute atomic E-state index is 12.8. The van der Waals surface area contributed by atoms with Gasteiger partial charge in [-0.15, -0.1) is 11.3 Å². The van der Waals surface area contributed by atoms with Crippen molar-refractivity contribution in [2.24, 2.45) is 0 Å². The number of carbonyl (C=O) groups is 1. The summed E-state index contributed by atoms with van der Waals surface area (Å²) in [6, 6.07) is 14.6. The van der Waals surface area contributed by atoms with Crippen LogP contribution in [0.15, 0.2) is 48.0 Å². The van der Waals surface area contributed by atoms with Gasteiger partial charge in [-0.2, -0.15) is 5.26 Å². The van der Waals surface area contributed by atoms with Crippen molar-refractivity contribution in [3.63, 3.8) is 0 Å². The van der Waals surface area contributed by atoms with Crippen molar-refractivity contribution in [2.45, 2.75) is 32.0 Å². The van der Waals surface area contributed by atoms with Crippen molar-refractivity contribution in [3.8, 4) is 16.5 Å². The number of β-amino-alcohol motifs (C(OH)–C–C–N with tert-alkyl or cyclic N) is 1. The molecule has 0 aliphatic carbocycles. The lowest BCUT2D eigenvalue weighted by Gasteiger charge is -2.24. The van der Waals surface area contributed by atoms with Gasteiger partial charge in [0.05, 0.1) is 22.2 Å². The Bertz CT molecular complexity index is 1090. The van der Waals surface area contributed by atoms with E-state index < -0.39 is 12.1 Å². The highest BCUT2D eigenvalue weighted by Gasteiger charge is 2.36. The zero-order chi connectivity index (χ0) is 21.1. The zero-order valence-electron chi connectivity index (χ0n) is 16.4. The minimum absolute atomic E-state index is 0.168. The molecule has 2 N–H and O–H groups in total. The minimum Gasteiger partial charge on any atom is -0.391 e. The zero-order valence-corrected chi connectivity index (χ0v) is 17.3. The van der Waals surface area contributed by atoms with Gasteiger partial charge in [-0.05, 0) is 30.2 Å². The fraction of sp³-hybridized carbons (Fsp3) is 0.273. The van der Waals surface area contributed by atoms with Crippen LogP contribution in [0.5, 0.6) is 0 Å². The molecule has 3 aromatic rings. The molecule has 1 aromatic carbocycles. The highest BCUT2D eigenvalue weighted by Crippen LogP contribution is 2.27. The Balaban J connectivity index is 1.42. The Morgan fingerprint density at radius 2 is 2.13 bits per heavy atom. The summed E-state index contributed by atoms with van der Waals surface area (Å²) >= 11 is 1.61. The number of hydrogen-bond donors (Lipinski definition) is 2. The molecule has 0 radical (unpaired) electrons. The number of nitrogens with zero attached hydrogens (tertiary/aromatic N) is 4. The molecule has 7 nitrogen and oxygen atoms in total. The molecule has 1 fully saturated rings. The van der Waals surface area contributed by atoms with Crippen molar-refractivity contribution in [1.82, 2.24) is 15.3 Å². The molecule has 0 saturated carbocycles. The first-order valence-electron chi connectivity index (χ1n) is 9.64. The predicted octanol–water partition coefficient (Wildman–Crippen LogP) is 2.64. The molecular weight excluding hydrogens is 398 g/mol. The second kappa shape index (κ2) is 8.61. The molecule has 2 aromatic heterocycles. The van der Waals surface area contributed by atoms with E-state index >= 15 is 0 Å². The SMILES string of the molecule is Cc1ncsc1-c1ccc(CNC(=O)[C@@H]2C[C@@H](O)CN2c2cccc(C#N)n2)cc1. The van der Waals surface area contributed by atoms with E-state index in [2.05, 4.69) is 15.3 Å². The summed E-state index contributed by atoms with van der Waals surface area (Å²) in [7, 11) is 0. The van der Waals surface area contributed by atoms with Crippen LogP contribution in [0.3, 0.4) is 0 Å². The molecule has 1 amide bonds. The van der Waals surface area contributed by atoms with E-state index in [-0.39, 0.29) is 11.6 Å². The van der Waals surface area contributed by atoms with Gasteiger partial charge in [0.25, 0.3) is 0 Å². The first-order valence-corrected chi connectivity index (χ1v) is 10.5. The summed E-state index contributed by atoms with van der Waals surface area (Å²) in [5.74, 6) is 0.355. The number of rotatable bonds is 5. The molecule has 0 spiro atoms. The number of nitrogens with one attached hydrogen (secondary N) is 1. The van der Waals surface area contributed by atoms with Gasteiger partial charge in [0.1, 0.15) is 23.6 Å². The number of aromatic nitrogens is 2. The lowest BCUT2D eigenvalue weighted by Crippen LogP contribution is -2.43. The van der Waals surface area contributed by atoms with Gasteiger partial charge in [0.15, 0.2) is 0 Å². The summed E-state index contributed by atoms with van der Waals surface area (Å²) in [4.78, 5) is 24.3. The Morgan fingerprint density at radius 1 is 1.33 bits per heavy atom. The van der Waals surface area contributed by atoms with Crippen LogP contribution in [-0.2, 0) is 11.3 Å². The second-order valence-electron chi connectivity index (χ2n) is 7.23. The number of aryl methyl sites for hydroxylation is 1. The van der Waals surface area contributed by atoms with Crippen LogP contribution in [0, 0.1) is 18.3 Å². The maximum atomic E-state index is 12.8. The largest absolute Gasteiger partial charge is 0.391 e. The third-order valence-electron chi connectivity index (χ3n) is 5.15. The van der Waals surface area contributed by atoms with E-state index in [1.807, 2.05) is 42.8 Å². The normalized spacial score (nSPS) is 18.2. The number of carbonyl (C=O) groups excluding carboxylic acids is 1. The second-order valence-corrected chi connectivity index (χ2v) is 8.09. The molecule has 1 aliphatic rings. The highest BCUT2D eigenvalue weighted by atomic mass is 32.1. The first kappa shape index (κ1) is 20.0. The summed E-state index contributed by atoms with van der Waals surface area (Å²) < 4.78 is 0. The van der Waals surface area contributed by atoms with Gasteiger partial charge in [-0.1, -0.05) is 30.3 Å². The Morgan fingerprint density at radius 3 is 2.83 bits per heavy atom. The molecule has 2 atom stereocenters. The van der Waals surface area contributed by atoms with E-state index in [4.69, 9.17) is 5.26 Å². The van der Waals surface area contributed by atoms with E-state index in [0.29, 0.717) is 25.3 Å². The fourth-order valence-corrected chi connectivity index (χ4v) is 4.43. The lowest BCUT2D eigenvalue weighted by atomic mass is 10.1. The van der Waals surface area contributed by atoms with Gasteiger partial charge in [-0.3, -0.25) is 4.79 Å². The summed E-state index contributed by atoms with van der Waals surface area (Å²) in [5.41, 5.74) is 5.23. The number of thiazole rings is 1. The van der Waals surface area contributed by atoms with E-state index in [1.165, 1.54) is 0 Å². The van der Waals surface area contributed by atoms with Crippen molar-refractivity contribution in [3.05, 3.63) is 64.9 Å². The van der Waals surface area contributed by atoms with Crippen LogP contribution in [-0.4, -0.2) is 39.7 Å². The van der Waals surface area contributed by atoms with Gasteiger partial charge in [0, 0.05) is 19.5 Å². The standard InChI is InChI=1S/C22H21N5O2S/c1-14-21(30-13-25-14)16-7-5-15(6-8-16)11-24-22(29)19-9-18(28)12-27(19)20-4-2-3-17(10-23)26-20/h2-8,13,18-19,28H,9,11-12H2,1H3,(H,24,29)/t18-,19+/m1/s1. The molecular formula is C22H21N5O2S. The fourth-order valence-electron chi connectivity index (χ4n) is 3.62. The highest BCUT2D eigenvalue weighted by molar-refractivity contribution is 7.13. The Kier molecular flexibility index (Phi) is 5.74. The minimum atomic E-state index is -0.616. The van der Waals surface area contributed by atoms with E-state index in [9.17, 15) is 9.90 Å². The third-order valence-corrected chi connectivity index (χ3v) is 6.13. The molecule has 0 bridgehead atoms.